The van der Waals surface area contributed by atoms with Gasteiger partial charge in [-0.1, -0.05) is 74.9 Å². The Kier molecular flexibility index (Phi) is 9.42. The van der Waals surface area contributed by atoms with Crippen molar-refractivity contribution in [1.29, 1.82) is 0 Å². The van der Waals surface area contributed by atoms with Gasteiger partial charge in [-0.25, -0.2) is 0 Å². The van der Waals surface area contributed by atoms with Gasteiger partial charge in [-0.15, -0.1) is 0 Å². The number of carbonyl (C=O) groups excluding carboxylic acids is 2. The molecule has 0 bridgehead atoms. The number of hydrogen-bond acceptors (Lipinski definition) is 2. The zero-order chi connectivity index (χ0) is 21.1. The summed E-state index contributed by atoms with van der Waals surface area (Å²) in [6.45, 7) is 7.28. The molecule has 0 saturated heterocycles. The lowest BCUT2D eigenvalue weighted by Crippen LogP contribution is -2.50. The van der Waals surface area contributed by atoms with Gasteiger partial charge in [0, 0.05) is 13.1 Å². The van der Waals surface area contributed by atoms with Crippen LogP contribution in [0.15, 0.2) is 54.6 Å². The number of rotatable bonds is 11. The third-order valence-corrected chi connectivity index (χ3v) is 5.30. The first-order chi connectivity index (χ1) is 14.1. The van der Waals surface area contributed by atoms with Crippen LogP contribution in [0.4, 0.5) is 0 Å². The number of amides is 2. The smallest absolute Gasteiger partial charge is 0.242 e. The highest BCUT2D eigenvalue weighted by atomic mass is 16.2. The molecule has 1 atom stereocenters. The van der Waals surface area contributed by atoms with Crippen molar-refractivity contribution in [3.8, 4) is 0 Å². The molecule has 4 nitrogen and oxygen atoms in total. The van der Waals surface area contributed by atoms with Crippen LogP contribution in [0.1, 0.15) is 49.8 Å². The van der Waals surface area contributed by atoms with E-state index in [1.807, 2.05) is 56.3 Å². The normalized spacial score (nSPS) is 11.7. The minimum atomic E-state index is -0.438. The number of carbonyl (C=O) groups is 2. The van der Waals surface area contributed by atoms with Gasteiger partial charge in [-0.3, -0.25) is 9.59 Å². The van der Waals surface area contributed by atoms with Crippen molar-refractivity contribution >= 4 is 11.8 Å². The summed E-state index contributed by atoms with van der Waals surface area (Å²) in [5.74, 6) is -0.0418. The molecule has 0 aromatic heterocycles. The average Bonchev–Trinajstić information content (AvgIpc) is 2.73. The molecule has 0 radical (unpaired) electrons. The van der Waals surface area contributed by atoms with E-state index in [2.05, 4.69) is 24.4 Å². The largest absolute Gasteiger partial charge is 0.354 e. The van der Waals surface area contributed by atoms with E-state index in [1.165, 1.54) is 5.56 Å². The van der Waals surface area contributed by atoms with E-state index in [0.717, 1.165) is 30.4 Å². The molecule has 1 N–H and O–H groups in total. The lowest BCUT2D eigenvalue weighted by Gasteiger charge is -2.31. The van der Waals surface area contributed by atoms with E-state index in [0.29, 0.717) is 25.9 Å². The van der Waals surface area contributed by atoms with Crippen LogP contribution in [0.5, 0.6) is 0 Å². The molecule has 2 aromatic carbocycles. The Morgan fingerprint density at radius 2 is 1.69 bits per heavy atom. The fourth-order valence-corrected chi connectivity index (χ4v) is 3.47. The number of hydrogen-bond donors (Lipinski definition) is 1. The zero-order valence-electron chi connectivity index (χ0n) is 18.0. The summed E-state index contributed by atoms with van der Waals surface area (Å²) in [6.07, 6.45) is 3.63. The van der Waals surface area contributed by atoms with Crippen molar-refractivity contribution in [3.05, 3.63) is 71.3 Å². The van der Waals surface area contributed by atoms with Crippen LogP contribution in [0.2, 0.25) is 0 Å². The molecule has 0 unspecified atom stereocenters. The predicted octanol–water partition coefficient (Wildman–Crippen LogP) is 4.30. The van der Waals surface area contributed by atoms with E-state index in [1.54, 1.807) is 4.90 Å². The second-order valence-corrected chi connectivity index (χ2v) is 7.49. The number of aryl methyl sites for hydroxylation is 1. The Balaban J connectivity index is 2.17. The molecule has 0 spiro atoms. The van der Waals surface area contributed by atoms with E-state index < -0.39 is 6.04 Å². The number of nitrogens with zero attached hydrogens (tertiary/aromatic N) is 1. The van der Waals surface area contributed by atoms with Crippen molar-refractivity contribution in [3.63, 3.8) is 0 Å². The maximum Gasteiger partial charge on any atom is 0.242 e. The molecule has 0 aliphatic rings. The summed E-state index contributed by atoms with van der Waals surface area (Å²) < 4.78 is 0. The summed E-state index contributed by atoms with van der Waals surface area (Å²) in [6, 6.07) is 17.6. The van der Waals surface area contributed by atoms with Gasteiger partial charge < -0.3 is 10.2 Å². The van der Waals surface area contributed by atoms with Crippen LogP contribution >= 0.6 is 0 Å². The number of nitrogens with one attached hydrogen (secondary N) is 1. The van der Waals surface area contributed by atoms with E-state index in [-0.39, 0.29) is 11.8 Å². The maximum atomic E-state index is 13.3. The molecule has 0 saturated carbocycles. The molecular formula is C25H34N2O2. The molecule has 156 valence electrons. The van der Waals surface area contributed by atoms with Crippen molar-refractivity contribution in [1.82, 2.24) is 10.2 Å². The van der Waals surface area contributed by atoms with Crippen LogP contribution in [-0.4, -0.2) is 35.8 Å². The van der Waals surface area contributed by atoms with Crippen LogP contribution in [0.3, 0.4) is 0 Å². The molecule has 2 rings (SSSR count). The van der Waals surface area contributed by atoms with Crippen molar-refractivity contribution in [2.75, 3.05) is 13.1 Å². The Morgan fingerprint density at radius 3 is 2.34 bits per heavy atom. The molecule has 0 heterocycles. The quantitative estimate of drug-likeness (QED) is 0.578. The summed E-state index contributed by atoms with van der Waals surface area (Å²) in [5.41, 5.74) is 3.29. The molecule has 0 aliphatic heterocycles. The topological polar surface area (TPSA) is 49.4 Å². The standard InChI is InChI=1S/C25H34N2O2/c1-4-6-17-26-25(29)23(5-2)27(18-16-21-13-8-7-9-14-21)24(28)19-22-15-11-10-12-20(22)3/h7-15,23H,4-6,16-19H2,1-3H3,(H,26,29)/t23-/m1/s1. The number of benzene rings is 2. The first kappa shape index (κ1) is 22.7. The molecule has 0 fully saturated rings. The highest BCUT2D eigenvalue weighted by molar-refractivity contribution is 5.88. The van der Waals surface area contributed by atoms with Gasteiger partial charge in [0.1, 0.15) is 6.04 Å². The second kappa shape index (κ2) is 12.1. The van der Waals surface area contributed by atoms with Gasteiger partial charge >= 0.3 is 0 Å². The van der Waals surface area contributed by atoms with Crippen LogP contribution in [-0.2, 0) is 22.4 Å². The molecular weight excluding hydrogens is 360 g/mol. The van der Waals surface area contributed by atoms with Crippen LogP contribution in [0, 0.1) is 6.92 Å². The van der Waals surface area contributed by atoms with Gasteiger partial charge in [0.25, 0.3) is 0 Å². The van der Waals surface area contributed by atoms with Crippen molar-refractivity contribution < 1.29 is 9.59 Å². The lowest BCUT2D eigenvalue weighted by atomic mass is 10.0. The Hall–Kier alpha value is -2.62. The Morgan fingerprint density at radius 1 is 1.00 bits per heavy atom. The SMILES string of the molecule is CCCCNC(=O)[C@@H](CC)N(CCc1ccccc1)C(=O)Cc1ccccc1C. The highest BCUT2D eigenvalue weighted by Crippen LogP contribution is 2.14. The maximum absolute atomic E-state index is 13.3. The molecule has 2 aromatic rings. The first-order valence-electron chi connectivity index (χ1n) is 10.7. The van der Waals surface area contributed by atoms with Crippen LogP contribution < -0.4 is 5.32 Å². The van der Waals surface area contributed by atoms with Gasteiger partial charge in [0.2, 0.25) is 11.8 Å². The zero-order valence-corrected chi connectivity index (χ0v) is 18.0. The molecule has 2 amide bonds. The third kappa shape index (κ3) is 7.04. The molecule has 4 heteroatoms. The fourth-order valence-electron chi connectivity index (χ4n) is 3.47. The summed E-state index contributed by atoms with van der Waals surface area (Å²) in [5, 5.41) is 3.01. The summed E-state index contributed by atoms with van der Waals surface area (Å²) in [7, 11) is 0. The Bertz CT molecular complexity index is 773. The summed E-state index contributed by atoms with van der Waals surface area (Å²) >= 11 is 0. The third-order valence-electron chi connectivity index (χ3n) is 5.30. The van der Waals surface area contributed by atoms with Gasteiger partial charge in [0.15, 0.2) is 0 Å². The van der Waals surface area contributed by atoms with Crippen molar-refractivity contribution in [2.24, 2.45) is 0 Å². The van der Waals surface area contributed by atoms with Gasteiger partial charge in [0.05, 0.1) is 6.42 Å². The minimum absolute atomic E-state index is 0.00715. The van der Waals surface area contributed by atoms with Crippen LogP contribution in [0.25, 0.3) is 0 Å². The molecule has 0 aliphatic carbocycles. The first-order valence-corrected chi connectivity index (χ1v) is 10.7. The highest BCUT2D eigenvalue weighted by Gasteiger charge is 2.28. The fraction of sp³-hybridized carbons (Fsp3) is 0.440. The molecule has 29 heavy (non-hydrogen) atoms. The lowest BCUT2D eigenvalue weighted by molar-refractivity contribution is -0.140. The predicted molar refractivity (Wildman–Crippen MR) is 119 cm³/mol. The summed E-state index contributed by atoms with van der Waals surface area (Å²) in [4.78, 5) is 27.9. The second-order valence-electron chi connectivity index (χ2n) is 7.49. The average molecular weight is 395 g/mol. The Labute approximate surface area is 175 Å². The van der Waals surface area contributed by atoms with Gasteiger partial charge in [-0.2, -0.15) is 0 Å². The minimum Gasteiger partial charge on any atom is -0.354 e. The van der Waals surface area contributed by atoms with Crippen molar-refractivity contribution in [2.45, 2.75) is 58.9 Å². The monoisotopic (exact) mass is 394 g/mol. The van der Waals surface area contributed by atoms with E-state index in [9.17, 15) is 9.59 Å². The van der Waals surface area contributed by atoms with Gasteiger partial charge in [-0.05, 0) is 42.9 Å². The number of unbranched alkanes of at least 4 members (excludes halogenated alkanes) is 1. The van der Waals surface area contributed by atoms with E-state index >= 15 is 0 Å². The van der Waals surface area contributed by atoms with E-state index in [4.69, 9.17) is 0 Å².